The van der Waals surface area contributed by atoms with Crippen LogP contribution >= 0.6 is 12.4 Å². The summed E-state index contributed by atoms with van der Waals surface area (Å²) in [5.41, 5.74) is 6.10. The Hall–Kier alpha value is -1.59. The van der Waals surface area contributed by atoms with Crippen molar-refractivity contribution in [3.63, 3.8) is 0 Å². The fourth-order valence-corrected chi connectivity index (χ4v) is 1.32. The van der Waals surface area contributed by atoms with E-state index in [1.807, 2.05) is 6.07 Å². The van der Waals surface area contributed by atoms with E-state index >= 15 is 0 Å². The molecule has 0 aromatic heterocycles. The molecule has 6 heteroatoms. The molecule has 0 aliphatic heterocycles. The predicted molar refractivity (Wildman–Crippen MR) is 70.2 cm³/mol. The van der Waals surface area contributed by atoms with E-state index in [1.165, 1.54) is 7.11 Å². The van der Waals surface area contributed by atoms with Crippen LogP contribution < -0.4 is 11.1 Å². The molecule has 1 rings (SSSR count). The molecule has 2 atom stereocenters. The Morgan fingerprint density at radius 3 is 2.28 bits per heavy atom. The normalized spacial score (nSPS) is 12.8. The van der Waals surface area contributed by atoms with E-state index in [0.29, 0.717) is 5.56 Å². The molecule has 0 saturated carbocycles. The minimum absolute atomic E-state index is 0. The van der Waals surface area contributed by atoms with E-state index in [0.717, 1.165) is 0 Å². The van der Waals surface area contributed by atoms with E-state index in [4.69, 9.17) is 5.73 Å². The van der Waals surface area contributed by atoms with Gasteiger partial charge in [0.15, 0.2) is 6.04 Å². The van der Waals surface area contributed by atoms with Crippen molar-refractivity contribution in [2.45, 2.75) is 19.0 Å². The maximum atomic E-state index is 11.6. The van der Waals surface area contributed by atoms with Crippen LogP contribution in [-0.4, -0.2) is 25.0 Å². The molecule has 100 valence electrons. The Balaban J connectivity index is 0.00000289. The number of hydrogen-bond donors (Lipinski definition) is 2. The van der Waals surface area contributed by atoms with E-state index in [9.17, 15) is 9.59 Å². The summed E-state index contributed by atoms with van der Waals surface area (Å²) in [6, 6.07) is 7.37. The van der Waals surface area contributed by atoms with Crippen molar-refractivity contribution >= 4 is 24.3 Å². The molecule has 1 amide bonds. The summed E-state index contributed by atoms with van der Waals surface area (Å²) in [4.78, 5) is 23.1. The van der Waals surface area contributed by atoms with Gasteiger partial charge in [-0.3, -0.25) is 4.79 Å². The quantitative estimate of drug-likeness (QED) is 0.794. The van der Waals surface area contributed by atoms with Gasteiger partial charge in [-0.15, -0.1) is 12.4 Å². The first-order chi connectivity index (χ1) is 8.06. The Morgan fingerprint density at radius 2 is 1.83 bits per heavy atom. The largest absolute Gasteiger partial charge is 0.467 e. The third-order valence-electron chi connectivity index (χ3n) is 2.27. The monoisotopic (exact) mass is 272 g/mol. The Morgan fingerprint density at radius 1 is 1.28 bits per heavy atom. The predicted octanol–water partition coefficient (Wildman–Crippen LogP) is 0.786. The van der Waals surface area contributed by atoms with Crippen molar-refractivity contribution in [1.29, 1.82) is 0 Å². The van der Waals surface area contributed by atoms with Gasteiger partial charge in [0.2, 0.25) is 5.91 Å². The molecule has 1 aromatic carbocycles. The number of nitrogens with one attached hydrogen (secondary N) is 1. The highest BCUT2D eigenvalue weighted by Gasteiger charge is 2.24. The first kappa shape index (κ1) is 16.4. The second-order valence-corrected chi connectivity index (χ2v) is 3.66. The van der Waals surface area contributed by atoms with Crippen molar-refractivity contribution in [2.24, 2.45) is 5.73 Å². The van der Waals surface area contributed by atoms with Crippen molar-refractivity contribution in [1.82, 2.24) is 5.32 Å². The number of amides is 1. The third kappa shape index (κ3) is 4.35. The van der Waals surface area contributed by atoms with Crippen molar-refractivity contribution in [3.8, 4) is 0 Å². The van der Waals surface area contributed by atoms with Crippen LogP contribution in [0.3, 0.4) is 0 Å². The van der Waals surface area contributed by atoms with Crippen LogP contribution in [0.1, 0.15) is 18.5 Å². The zero-order valence-electron chi connectivity index (χ0n) is 10.3. The molecular formula is C12H17ClN2O3. The van der Waals surface area contributed by atoms with Gasteiger partial charge >= 0.3 is 5.97 Å². The second-order valence-electron chi connectivity index (χ2n) is 3.66. The van der Waals surface area contributed by atoms with Crippen LogP contribution in [0.4, 0.5) is 0 Å². The lowest BCUT2D eigenvalue weighted by atomic mass is 10.1. The number of methoxy groups -OCH3 is 1. The van der Waals surface area contributed by atoms with E-state index in [-0.39, 0.29) is 12.4 Å². The number of nitrogens with two attached hydrogens (primary N) is 1. The highest BCUT2D eigenvalue weighted by atomic mass is 35.5. The molecule has 0 heterocycles. The van der Waals surface area contributed by atoms with Gasteiger partial charge in [0.1, 0.15) is 0 Å². The highest BCUT2D eigenvalue weighted by Crippen LogP contribution is 2.14. The molecule has 1 aromatic rings. The fraction of sp³-hybridized carbons (Fsp3) is 0.333. The van der Waals surface area contributed by atoms with Crippen molar-refractivity contribution < 1.29 is 14.3 Å². The number of benzene rings is 1. The van der Waals surface area contributed by atoms with Gasteiger partial charge in [-0.05, 0) is 12.5 Å². The maximum Gasteiger partial charge on any atom is 0.333 e. The number of hydrogen-bond acceptors (Lipinski definition) is 4. The SMILES string of the molecule is COC(=O)C(NC(=O)[C@H](C)N)c1ccccc1.Cl. The Labute approximate surface area is 112 Å². The number of esters is 1. The molecule has 0 saturated heterocycles. The van der Waals surface area contributed by atoms with Crippen molar-refractivity contribution in [2.75, 3.05) is 7.11 Å². The molecule has 0 fully saturated rings. The van der Waals surface area contributed by atoms with Crippen LogP contribution in [0.15, 0.2) is 30.3 Å². The molecule has 1 unspecified atom stereocenters. The first-order valence-corrected chi connectivity index (χ1v) is 5.25. The lowest BCUT2D eigenvalue weighted by Gasteiger charge is -2.18. The molecule has 5 nitrogen and oxygen atoms in total. The highest BCUT2D eigenvalue weighted by molar-refractivity contribution is 5.87. The summed E-state index contributed by atoms with van der Waals surface area (Å²) >= 11 is 0. The zero-order chi connectivity index (χ0) is 12.8. The maximum absolute atomic E-state index is 11.6. The van der Waals surface area contributed by atoms with E-state index in [2.05, 4.69) is 10.1 Å². The number of carbonyl (C=O) groups excluding carboxylic acids is 2. The molecule has 0 bridgehead atoms. The van der Waals surface area contributed by atoms with Gasteiger partial charge in [0, 0.05) is 0 Å². The summed E-state index contributed by atoms with van der Waals surface area (Å²) < 4.78 is 4.65. The van der Waals surface area contributed by atoms with Gasteiger partial charge in [-0.1, -0.05) is 30.3 Å². The topological polar surface area (TPSA) is 81.4 Å². The van der Waals surface area contributed by atoms with Crippen LogP contribution in [0, 0.1) is 0 Å². The lowest BCUT2D eigenvalue weighted by molar-refractivity contribution is -0.145. The Bertz CT molecular complexity index is 396. The minimum atomic E-state index is -0.820. The zero-order valence-corrected chi connectivity index (χ0v) is 11.1. The van der Waals surface area contributed by atoms with Crippen LogP contribution in [0.25, 0.3) is 0 Å². The summed E-state index contributed by atoms with van der Waals surface area (Å²) in [6.07, 6.45) is 0. The van der Waals surface area contributed by atoms with E-state index in [1.54, 1.807) is 31.2 Å². The molecule has 0 spiro atoms. The second kappa shape index (κ2) is 7.68. The average molecular weight is 273 g/mol. The van der Waals surface area contributed by atoms with Crippen molar-refractivity contribution in [3.05, 3.63) is 35.9 Å². The number of carbonyl (C=O) groups is 2. The smallest absolute Gasteiger partial charge is 0.333 e. The third-order valence-corrected chi connectivity index (χ3v) is 2.27. The number of ether oxygens (including phenoxy) is 1. The van der Waals surface area contributed by atoms with Gasteiger partial charge in [-0.2, -0.15) is 0 Å². The van der Waals surface area contributed by atoms with Crippen LogP contribution in [-0.2, 0) is 14.3 Å². The lowest BCUT2D eigenvalue weighted by Crippen LogP contribution is -2.43. The van der Waals surface area contributed by atoms with Gasteiger partial charge in [-0.25, -0.2) is 4.79 Å². The fourth-order valence-electron chi connectivity index (χ4n) is 1.32. The summed E-state index contributed by atoms with van der Waals surface area (Å²) in [5.74, 6) is -0.922. The van der Waals surface area contributed by atoms with Gasteiger partial charge in [0.05, 0.1) is 13.2 Å². The van der Waals surface area contributed by atoms with Gasteiger partial charge in [0.25, 0.3) is 0 Å². The molecular weight excluding hydrogens is 256 g/mol. The summed E-state index contributed by atoms with van der Waals surface area (Å²) in [7, 11) is 1.27. The van der Waals surface area contributed by atoms with Crippen LogP contribution in [0.5, 0.6) is 0 Å². The number of halogens is 1. The average Bonchev–Trinajstić information content (AvgIpc) is 2.35. The van der Waals surface area contributed by atoms with Gasteiger partial charge < -0.3 is 15.8 Å². The molecule has 0 aliphatic rings. The summed E-state index contributed by atoms with van der Waals surface area (Å²) in [6.45, 7) is 1.55. The Kier molecular flexibility index (Phi) is 7.00. The molecule has 0 radical (unpaired) electrons. The van der Waals surface area contributed by atoms with E-state index < -0.39 is 24.0 Å². The molecule has 3 N–H and O–H groups in total. The molecule has 18 heavy (non-hydrogen) atoms. The summed E-state index contributed by atoms with van der Waals surface area (Å²) in [5, 5.41) is 2.54. The minimum Gasteiger partial charge on any atom is -0.467 e. The molecule has 0 aliphatic carbocycles. The van der Waals surface area contributed by atoms with Crippen LogP contribution in [0.2, 0.25) is 0 Å². The first-order valence-electron chi connectivity index (χ1n) is 5.25. The standard InChI is InChI=1S/C12H16N2O3.ClH/c1-8(13)11(15)14-10(12(16)17-2)9-6-4-3-5-7-9;/h3-8,10H,13H2,1-2H3,(H,14,15);1H/t8-,10?;/m0./s1. The number of rotatable bonds is 4.